The summed E-state index contributed by atoms with van der Waals surface area (Å²) in [5, 5.41) is 7.48. The fourth-order valence-corrected chi connectivity index (χ4v) is 7.07. The molecule has 0 spiro atoms. The first-order valence-electron chi connectivity index (χ1n) is 20.6. The SMILES string of the molecule is C1CCCCC1.CC1C[C@@H]2CCCC[C@@H]2N1C(=O)C(CNC(=O)CNC(=O)c1cnccn1)C(C)(C)C.CCC.O=CNCC(=O)C(=O)NOCc1ccccc1. The number of Topliss-reactive ketones (excluding diaryl/α,β-unsaturated/α-hetero) is 1. The van der Waals surface area contributed by atoms with Crippen LogP contribution in [0.1, 0.15) is 135 Å². The van der Waals surface area contributed by atoms with Gasteiger partial charge in [-0.05, 0) is 43.1 Å². The van der Waals surface area contributed by atoms with Crippen LogP contribution in [0.5, 0.6) is 0 Å². The third-order valence-corrected chi connectivity index (χ3v) is 10.00. The zero-order chi connectivity index (χ0) is 42.1. The molecule has 2 unspecified atom stereocenters. The van der Waals surface area contributed by atoms with Crippen LogP contribution in [0.4, 0.5) is 0 Å². The molecule has 14 nitrogen and oxygen atoms in total. The molecular weight excluding hydrogens is 727 g/mol. The first-order valence-corrected chi connectivity index (χ1v) is 20.6. The van der Waals surface area contributed by atoms with Gasteiger partial charge in [-0.25, -0.2) is 10.5 Å². The molecule has 0 bridgehead atoms. The van der Waals surface area contributed by atoms with Gasteiger partial charge in [-0.1, -0.05) is 123 Å². The molecule has 0 radical (unpaired) electrons. The fraction of sp³-hybridized carbons (Fsp3) is 0.628. The van der Waals surface area contributed by atoms with Crippen LogP contribution < -0.4 is 21.4 Å². The van der Waals surface area contributed by atoms with E-state index >= 15 is 0 Å². The number of benzene rings is 1. The van der Waals surface area contributed by atoms with Gasteiger partial charge < -0.3 is 20.9 Å². The predicted molar refractivity (Wildman–Crippen MR) is 219 cm³/mol. The molecule has 1 aliphatic heterocycles. The summed E-state index contributed by atoms with van der Waals surface area (Å²) in [6.45, 7) is 12.4. The smallest absolute Gasteiger partial charge is 0.312 e. The lowest BCUT2D eigenvalue weighted by Gasteiger charge is -2.39. The van der Waals surface area contributed by atoms with Crippen LogP contribution in [0.2, 0.25) is 0 Å². The Morgan fingerprint density at radius 2 is 1.53 bits per heavy atom. The largest absolute Gasteiger partial charge is 0.354 e. The lowest BCUT2D eigenvalue weighted by Crippen LogP contribution is -2.51. The Morgan fingerprint density at radius 1 is 0.895 bits per heavy atom. The number of carbonyl (C=O) groups excluding carboxylic acids is 6. The standard InChI is InChI=1S/C23H35N5O3.C11H12N2O4.C6H12.C3H8/c1-15-11-16-7-5-6-8-19(16)28(15)22(31)17(23(2,3)4)12-26-20(29)14-27-21(30)18-13-24-9-10-25-18;14-8-12-6-10(15)11(16)13-17-7-9-4-2-1-3-5-9;1-2-4-6-5-3-1;1-3-2/h9-10,13,15-17,19H,5-8,11-12,14H2,1-4H3,(H,26,29)(H,27,30);1-5,8H,6-7H2,(H,12,14)(H,13,16);1-6H2;3H2,1-2H3/t15?,16-,17?,19-;;;/m0.../s1. The summed E-state index contributed by atoms with van der Waals surface area (Å²) in [4.78, 5) is 84.8. The second-order valence-corrected chi connectivity index (χ2v) is 15.9. The molecule has 2 saturated carbocycles. The van der Waals surface area contributed by atoms with Gasteiger partial charge in [-0.15, -0.1) is 0 Å². The Labute approximate surface area is 339 Å². The van der Waals surface area contributed by atoms with E-state index in [1.165, 1.54) is 82.8 Å². The highest BCUT2D eigenvalue weighted by Crippen LogP contribution is 2.41. The first kappa shape index (κ1) is 48.4. The second kappa shape index (κ2) is 27.0. The van der Waals surface area contributed by atoms with Crippen LogP contribution in [-0.4, -0.2) is 82.4 Å². The monoisotopic (exact) mass is 794 g/mol. The molecule has 4 N–H and O–H groups in total. The zero-order valence-electron chi connectivity index (χ0n) is 35.0. The molecule has 3 aliphatic rings. The summed E-state index contributed by atoms with van der Waals surface area (Å²) in [5.41, 5.74) is 2.73. The molecule has 57 heavy (non-hydrogen) atoms. The lowest BCUT2D eigenvalue weighted by molar-refractivity contribution is -0.146. The fourth-order valence-electron chi connectivity index (χ4n) is 7.07. The van der Waals surface area contributed by atoms with Gasteiger partial charge in [0, 0.05) is 31.0 Å². The zero-order valence-corrected chi connectivity index (χ0v) is 35.0. The highest BCUT2D eigenvalue weighted by Gasteiger charge is 2.46. The minimum absolute atomic E-state index is 0.137. The Hall–Kier alpha value is -4.72. The maximum Gasteiger partial charge on any atom is 0.312 e. The summed E-state index contributed by atoms with van der Waals surface area (Å²) in [6, 6.07) is 9.75. The molecule has 3 fully saturated rings. The van der Waals surface area contributed by atoms with Crippen molar-refractivity contribution in [2.24, 2.45) is 17.3 Å². The van der Waals surface area contributed by atoms with Crippen molar-refractivity contribution in [3.05, 3.63) is 60.2 Å². The first-order chi connectivity index (χ1) is 27.3. The molecule has 2 aromatic rings. The molecule has 5 amide bonds. The summed E-state index contributed by atoms with van der Waals surface area (Å²) in [6.07, 6.45) is 20.6. The second-order valence-electron chi connectivity index (χ2n) is 15.9. The van der Waals surface area contributed by atoms with E-state index in [-0.39, 0.29) is 61.1 Å². The van der Waals surface area contributed by atoms with Gasteiger partial charge in [0.1, 0.15) is 5.69 Å². The molecule has 14 heteroatoms. The minimum Gasteiger partial charge on any atom is -0.354 e. The van der Waals surface area contributed by atoms with Gasteiger partial charge in [-0.2, -0.15) is 0 Å². The Morgan fingerprint density at radius 3 is 2.11 bits per heavy atom. The van der Waals surface area contributed by atoms with E-state index in [0.717, 1.165) is 18.4 Å². The topological polar surface area (TPSA) is 189 Å². The van der Waals surface area contributed by atoms with E-state index in [2.05, 4.69) is 51.6 Å². The van der Waals surface area contributed by atoms with Gasteiger partial charge >= 0.3 is 5.91 Å². The number of nitrogens with zero attached hydrogens (tertiary/aromatic N) is 3. The van der Waals surface area contributed by atoms with Crippen molar-refractivity contribution >= 4 is 35.8 Å². The van der Waals surface area contributed by atoms with Crippen LogP contribution in [-0.2, 0) is 35.4 Å². The van der Waals surface area contributed by atoms with Crippen molar-refractivity contribution in [2.45, 2.75) is 137 Å². The number of hydrogen-bond acceptors (Lipinski definition) is 9. The molecule has 2 aliphatic carbocycles. The van der Waals surface area contributed by atoms with E-state index in [9.17, 15) is 28.8 Å². The molecule has 1 aromatic carbocycles. The number of hydroxylamine groups is 1. The number of rotatable bonds is 13. The van der Waals surface area contributed by atoms with Crippen molar-refractivity contribution in [1.82, 2.24) is 36.3 Å². The number of ketones is 1. The van der Waals surface area contributed by atoms with Crippen LogP contribution in [0.25, 0.3) is 0 Å². The average molecular weight is 794 g/mol. The molecule has 316 valence electrons. The quantitative estimate of drug-likeness (QED) is 0.116. The number of nitrogens with one attached hydrogen (secondary N) is 4. The number of likely N-dealkylation sites (tertiary alicyclic amines) is 1. The Kier molecular flexibility index (Phi) is 22.9. The van der Waals surface area contributed by atoms with Crippen molar-refractivity contribution in [2.75, 3.05) is 19.6 Å². The maximum absolute atomic E-state index is 13.6. The number of fused-ring (bicyclic) bond motifs is 1. The van der Waals surface area contributed by atoms with Crippen molar-refractivity contribution in [1.29, 1.82) is 0 Å². The van der Waals surface area contributed by atoms with Crippen molar-refractivity contribution in [3.8, 4) is 0 Å². The Balaban J connectivity index is 0.000000357. The van der Waals surface area contributed by atoms with Gasteiger partial charge in [0.15, 0.2) is 0 Å². The van der Waals surface area contributed by atoms with Gasteiger partial charge in [-0.3, -0.25) is 38.6 Å². The van der Waals surface area contributed by atoms with Crippen LogP contribution in [0.3, 0.4) is 0 Å². The van der Waals surface area contributed by atoms with Gasteiger partial charge in [0.2, 0.25) is 24.0 Å². The molecule has 2 heterocycles. The van der Waals surface area contributed by atoms with E-state index in [1.807, 2.05) is 56.6 Å². The molecule has 1 saturated heterocycles. The Bertz CT molecular complexity index is 1490. The van der Waals surface area contributed by atoms with Crippen LogP contribution in [0, 0.1) is 17.3 Å². The summed E-state index contributed by atoms with van der Waals surface area (Å²) in [7, 11) is 0. The normalized spacial score (nSPS) is 18.8. The highest BCUT2D eigenvalue weighted by atomic mass is 16.7. The summed E-state index contributed by atoms with van der Waals surface area (Å²) in [5.74, 6) is -2.03. The minimum atomic E-state index is -0.893. The van der Waals surface area contributed by atoms with E-state index in [0.29, 0.717) is 18.4 Å². The van der Waals surface area contributed by atoms with E-state index in [4.69, 9.17) is 4.84 Å². The maximum atomic E-state index is 13.6. The summed E-state index contributed by atoms with van der Waals surface area (Å²) >= 11 is 0. The van der Waals surface area contributed by atoms with E-state index < -0.39 is 17.6 Å². The number of carbonyl (C=O) groups is 6. The van der Waals surface area contributed by atoms with Gasteiger partial charge in [0.05, 0.1) is 31.8 Å². The van der Waals surface area contributed by atoms with Crippen molar-refractivity contribution < 1.29 is 33.6 Å². The van der Waals surface area contributed by atoms with E-state index in [1.54, 1.807) is 0 Å². The number of amides is 5. The summed E-state index contributed by atoms with van der Waals surface area (Å²) < 4.78 is 0. The predicted octanol–water partition coefficient (Wildman–Crippen LogP) is 5.47. The molecule has 5 rings (SSSR count). The number of aromatic nitrogens is 2. The third-order valence-electron chi connectivity index (χ3n) is 10.00. The highest BCUT2D eigenvalue weighted by molar-refractivity contribution is 6.36. The van der Waals surface area contributed by atoms with Crippen LogP contribution in [0.15, 0.2) is 48.9 Å². The third kappa shape index (κ3) is 18.4. The van der Waals surface area contributed by atoms with Gasteiger partial charge in [0.25, 0.3) is 5.91 Å². The van der Waals surface area contributed by atoms with Crippen molar-refractivity contribution in [3.63, 3.8) is 0 Å². The average Bonchev–Trinajstić information content (AvgIpc) is 3.56. The number of hydrogen-bond donors (Lipinski definition) is 4. The molecule has 1 aromatic heterocycles. The van der Waals surface area contributed by atoms with Crippen LogP contribution >= 0.6 is 0 Å². The molecular formula is C43H67N7O7. The molecule has 4 atom stereocenters. The lowest BCUT2D eigenvalue weighted by atomic mass is 9.79.